The number of benzene rings is 5. The third-order valence-electron chi connectivity index (χ3n) is 7.53. The molecule has 5 rings (SSSR count). The van der Waals surface area contributed by atoms with Gasteiger partial charge >= 0.3 is 35.8 Å². The van der Waals surface area contributed by atoms with Gasteiger partial charge in [0.25, 0.3) is 0 Å². The van der Waals surface area contributed by atoms with Gasteiger partial charge < -0.3 is 37.9 Å². The molecule has 0 saturated carbocycles. The smallest absolute Gasteiger partial charge is 0.343 e. The Balaban J connectivity index is 1.08. The lowest BCUT2D eigenvalue weighted by molar-refractivity contribution is -0.145. The number of hydrogen-bond donors (Lipinski definition) is 0. The van der Waals surface area contributed by atoms with Crippen LogP contribution in [0.1, 0.15) is 47.0 Å². The Hall–Kier alpha value is -8.00. The minimum Gasteiger partial charge on any atom is -0.457 e. The van der Waals surface area contributed by atoms with E-state index in [4.69, 9.17) is 37.9 Å². The monoisotopic (exact) mass is 772 g/mol. The van der Waals surface area contributed by atoms with Gasteiger partial charge in [0.15, 0.2) is 0 Å². The minimum absolute atomic E-state index is 0.184. The zero-order valence-corrected chi connectivity index (χ0v) is 30.2. The first kappa shape index (κ1) is 40.2. The van der Waals surface area contributed by atoms with E-state index >= 15 is 0 Å². The van der Waals surface area contributed by atoms with Crippen molar-refractivity contribution in [2.45, 2.75) is 6.92 Å². The molecule has 5 aromatic rings. The van der Waals surface area contributed by atoms with Gasteiger partial charge in [-0.05, 0) is 128 Å². The molecule has 0 bridgehead atoms. The van der Waals surface area contributed by atoms with Crippen LogP contribution in [0.25, 0.3) is 0 Å². The van der Waals surface area contributed by atoms with Gasteiger partial charge in [-0.1, -0.05) is 13.2 Å². The van der Waals surface area contributed by atoms with Gasteiger partial charge in [0.2, 0.25) is 13.6 Å². The summed E-state index contributed by atoms with van der Waals surface area (Å²) in [5.41, 5.74) is 1.34. The highest BCUT2D eigenvalue weighted by Gasteiger charge is 2.16. The Morgan fingerprint density at radius 2 is 0.754 bits per heavy atom. The fourth-order valence-corrected chi connectivity index (χ4v) is 4.58. The third kappa shape index (κ3) is 11.7. The molecule has 0 saturated heterocycles. The topological polar surface area (TPSA) is 176 Å². The van der Waals surface area contributed by atoms with Crippen molar-refractivity contribution in [2.24, 2.45) is 0 Å². The predicted octanol–water partition coefficient (Wildman–Crippen LogP) is 7.00. The second kappa shape index (κ2) is 19.4. The minimum atomic E-state index is -0.679. The van der Waals surface area contributed by atoms with Gasteiger partial charge in [0.1, 0.15) is 34.5 Å². The first-order valence-corrected chi connectivity index (χ1v) is 16.7. The number of aryl methyl sites for hydroxylation is 1. The van der Waals surface area contributed by atoms with Crippen molar-refractivity contribution in [2.75, 3.05) is 13.6 Å². The second-order valence-electron chi connectivity index (χ2n) is 11.4. The summed E-state index contributed by atoms with van der Waals surface area (Å²) in [5.74, 6) is -2.39. The second-order valence-corrected chi connectivity index (χ2v) is 11.4. The van der Waals surface area contributed by atoms with Gasteiger partial charge in [-0.2, -0.15) is 0 Å². The van der Waals surface area contributed by atoms with Crippen molar-refractivity contribution < 1.29 is 66.7 Å². The van der Waals surface area contributed by atoms with E-state index in [-0.39, 0.29) is 58.8 Å². The molecule has 0 amide bonds. The zero-order valence-electron chi connectivity index (χ0n) is 30.2. The van der Waals surface area contributed by atoms with E-state index in [9.17, 15) is 28.8 Å². The van der Waals surface area contributed by atoms with Crippen LogP contribution in [0.3, 0.4) is 0 Å². The van der Waals surface area contributed by atoms with Crippen LogP contribution in [0, 0.1) is 6.92 Å². The van der Waals surface area contributed by atoms with Crippen LogP contribution >= 0.6 is 0 Å². The van der Waals surface area contributed by atoms with E-state index in [1.54, 1.807) is 6.92 Å². The van der Waals surface area contributed by atoms with Gasteiger partial charge in [0.05, 0.1) is 22.3 Å². The molecule has 0 fully saturated rings. The summed E-state index contributed by atoms with van der Waals surface area (Å²) in [5, 5.41) is 0. The Morgan fingerprint density at radius 3 is 1.11 bits per heavy atom. The standard InChI is InChI=1S/C43H32O14/c1-4-38(44)52-25-50-32-14-6-28(7-15-32)40(46)54-34-18-10-30(11-19-34)42(48)56-36-22-23-37(27(3)24-36)57-43(49)31-12-20-35(21-13-31)55-41(47)29-8-16-33(17-9-29)51-26-53-39(45)5-2/h4-24H,1-2,25-26H2,3H3. The average molecular weight is 773 g/mol. The van der Waals surface area contributed by atoms with Crippen molar-refractivity contribution in [1.29, 1.82) is 0 Å². The van der Waals surface area contributed by atoms with Gasteiger partial charge in [-0.15, -0.1) is 0 Å². The van der Waals surface area contributed by atoms with E-state index in [2.05, 4.69) is 13.2 Å². The van der Waals surface area contributed by atoms with Crippen LogP contribution in [0.5, 0.6) is 34.5 Å². The summed E-state index contributed by atoms with van der Waals surface area (Å²) in [6.45, 7) is 7.61. The molecule has 14 heteroatoms. The lowest BCUT2D eigenvalue weighted by Crippen LogP contribution is -2.12. The molecule has 288 valence electrons. The van der Waals surface area contributed by atoms with Crippen molar-refractivity contribution >= 4 is 35.8 Å². The molecule has 0 heterocycles. The molecule has 0 aliphatic heterocycles. The number of ether oxygens (including phenoxy) is 8. The van der Waals surface area contributed by atoms with Crippen molar-refractivity contribution in [3.63, 3.8) is 0 Å². The normalized spacial score (nSPS) is 10.2. The Morgan fingerprint density at radius 1 is 0.439 bits per heavy atom. The van der Waals surface area contributed by atoms with E-state index in [1.165, 1.54) is 115 Å². The fraction of sp³-hybridized carbons (Fsp3) is 0.0698. The predicted molar refractivity (Wildman–Crippen MR) is 200 cm³/mol. The fourth-order valence-electron chi connectivity index (χ4n) is 4.58. The maximum absolute atomic E-state index is 12.9. The summed E-state index contributed by atoms with van der Waals surface area (Å²) in [6.07, 6.45) is 2.02. The highest BCUT2D eigenvalue weighted by molar-refractivity contribution is 5.94. The SMILES string of the molecule is C=CC(=O)OCOc1ccc(C(=O)Oc2ccc(C(=O)Oc3ccc(OC(=O)c4ccc(OC(=O)c5ccc(OCOC(=O)C=C)cc5)cc4)c(C)c3)cc2)cc1. The van der Waals surface area contributed by atoms with Crippen LogP contribution in [0.4, 0.5) is 0 Å². The van der Waals surface area contributed by atoms with E-state index in [1.807, 2.05) is 0 Å². The van der Waals surface area contributed by atoms with E-state index < -0.39 is 35.8 Å². The van der Waals surface area contributed by atoms with Crippen LogP contribution in [0.15, 0.2) is 141 Å². The van der Waals surface area contributed by atoms with E-state index in [0.717, 1.165) is 12.2 Å². The molecule has 14 nitrogen and oxygen atoms in total. The third-order valence-corrected chi connectivity index (χ3v) is 7.53. The number of carbonyl (C=O) groups excluding carboxylic acids is 6. The molecular formula is C43H32O14. The largest absolute Gasteiger partial charge is 0.457 e. The maximum atomic E-state index is 12.9. The Kier molecular flexibility index (Phi) is 13.7. The highest BCUT2D eigenvalue weighted by Crippen LogP contribution is 2.26. The maximum Gasteiger partial charge on any atom is 0.343 e. The number of carbonyl (C=O) groups is 6. The van der Waals surface area contributed by atoms with Crippen molar-refractivity contribution in [1.82, 2.24) is 0 Å². The first-order valence-electron chi connectivity index (χ1n) is 16.7. The van der Waals surface area contributed by atoms with Crippen LogP contribution in [-0.2, 0) is 19.1 Å². The Bertz CT molecular complexity index is 2280. The molecule has 0 spiro atoms. The lowest BCUT2D eigenvalue weighted by atomic mass is 10.2. The van der Waals surface area contributed by atoms with Gasteiger partial charge in [-0.3, -0.25) is 0 Å². The molecule has 0 aliphatic rings. The number of rotatable bonds is 16. The van der Waals surface area contributed by atoms with Crippen LogP contribution in [0.2, 0.25) is 0 Å². The van der Waals surface area contributed by atoms with Gasteiger partial charge in [-0.25, -0.2) is 28.8 Å². The average Bonchev–Trinajstić information content (AvgIpc) is 3.22. The molecule has 57 heavy (non-hydrogen) atoms. The summed E-state index contributed by atoms with van der Waals surface area (Å²) in [7, 11) is 0. The lowest BCUT2D eigenvalue weighted by Gasteiger charge is -2.11. The van der Waals surface area contributed by atoms with E-state index in [0.29, 0.717) is 17.1 Å². The molecule has 0 unspecified atom stereocenters. The summed E-state index contributed by atoms with van der Waals surface area (Å²) in [4.78, 5) is 73.0. The van der Waals surface area contributed by atoms with Gasteiger partial charge in [0, 0.05) is 12.2 Å². The number of hydrogen-bond acceptors (Lipinski definition) is 14. The summed E-state index contributed by atoms with van der Waals surface area (Å²) < 4.78 is 41.8. The molecular weight excluding hydrogens is 740 g/mol. The van der Waals surface area contributed by atoms with Crippen LogP contribution < -0.4 is 28.4 Å². The summed E-state index contributed by atoms with van der Waals surface area (Å²) >= 11 is 0. The molecule has 0 radical (unpaired) electrons. The molecule has 0 atom stereocenters. The van der Waals surface area contributed by atoms with Crippen molar-refractivity contribution in [3.8, 4) is 34.5 Å². The Labute approximate surface area is 325 Å². The summed E-state index contributed by atoms with van der Waals surface area (Å²) in [6, 6.07) is 27.9. The quantitative estimate of drug-likeness (QED) is 0.0433. The first-order chi connectivity index (χ1) is 27.5. The molecule has 0 aromatic heterocycles. The molecule has 0 aliphatic carbocycles. The molecule has 5 aromatic carbocycles. The zero-order chi connectivity index (χ0) is 40.7. The highest BCUT2D eigenvalue weighted by atomic mass is 16.7. The molecule has 0 N–H and O–H groups in total. The van der Waals surface area contributed by atoms with Crippen molar-refractivity contribution in [3.05, 3.63) is 168 Å². The van der Waals surface area contributed by atoms with Crippen LogP contribution in [-0.4, -0.2) is 49.4 Å². The number of esters is 6.